The normalized spacial score (nSPS) is 27.7. The van der Waals surface area contributed by atoms with E-state index in [1.165, 1.54) is 0 Å². The third kappa shape index (κ3) is 2.94. The van der Waals surface area contributed by atoms with Crippen molar-refractivity contribution in [2.75, 3.05) is 23.9 Å². The zero-order valence-electron chi connectivity index (χ0n) is 9.77. The molecule has 1 aliphatic carbocycles. The molecule has 0 aromatic rings. The van der Waals surface area contributed by atoms with Gasteiger partial charge >= 0.3 is 0 Å². The smallest absolute Gasteiger partial charge is 0.227 e. The van der Waals surface area contributed by atoms with Gasteiger partial charge in [-0.2, -0.15) is 0 Å². The zero-order chi connectivity index (χ0) is 12.5. The first-order chi connectivity index (χ1) is 8.03. The van der Waals surface area contributed by atoms with Crippen LogP contribution in [0.5, 0.6) is 0 Å². The lowest BCUT2D eigenvalue weighted by Crippen LogP contribution is -2.48. The van der Waals surface area contributed by atoms with Gasteiger partial charge in [-0.1, -0.05) is 0 Å². The van der Waals surface area contributed by atoms with Gasteiger partial charge in [0.2, 0.25) is 5.91 Å². The van der Waals surface area contributed by atoms with Gasteiger partial charge in [-0.3, -0.25) is 4.79 Å². The summed E-state index contributed by atoms with van der Waals surface area (Å²) in [6, 6.07) is 0.296. The minimum Gasteiger partial charge on any atom is -0.338 e. The van der Waals surface area contributed by atoms with Crippen molar-refractivity contribution in [3.63, 3.8) is 0 Å². The molecule has 0 radical (unpaired) electrons. The number of hydrogen-bond acceptors (Lipinski definition) is 3. The van der Waals surface area contributed by atoms with E-state index in [0.717, 1.165) is 19.3 Å². The summed E-state index contributed by atoms with van der Waals surface area (Å²) < 4.78 is 22.8. The van der Waals surface area contributed by atoms with Crippen molar-refractivity contribution < 1.29 is 13.2 Å². The standard InChI is InChI=1S/C11H18ClNO3S/c12-5-6-13(10-2-1-3-10)11(14)9-4-7-17(15,16)8-9/h9-10H,1-8H2. The quantitative estimate of drug-likeness (QED) is 0.723. The Labute approximate surface area is 107 Å². The fourth-order valence-electron chi connectivity index (χ4n) is 2.49. The molecule has 1 saturated heterocycles. The molecule has 4 nitrogen and oxygen atoms in total. The predicted octanol–water partition coefficient (Wildman–Crippen LogP) is 1.04. The number of amides is 1. The van der Waals surface area contributed by atoms with Gasteiger partial charge in [-0.15, -0.1) is 11.6 Å². The first-order valence-corrected chi connectivity index (χ1v) is 8.46. The van der Waals surface area contributed by atoms with Crippen molar-refractivity contribution >= 4 is 27.3 Å². The summed E-state index contributed by atoms with van der Waals surface area (Å²) in [4.78, 5) is 14.1. The second-order valence-electron chi connectivity index (χ2n) is 4.91. The van der Waals surface area contributed by atoms with Crippen molar-refractivity contribution in [3.05, 3.63) is 0 Å². The summed E-state index contributed by atoms with van der Waals surface area (Å²) in [6.45, 7) is 0.543. The minimum atomic E-state index is -2.98. The molecular weight excluding hydrogens is 262 g/mol. The van der Waals surface area contributed by atoms with E-state index in [1.807, 2.05) is 4.90 Å². The topological polar surface area (TPSA) is 54.5 Å². The first-order valence-electron chi connectivity index (χ1n) is 6.10. The Bertz CT molecular complexity index is 392. The van der Waals surface area contributed by atoms with Crippen LogP contribution >= 0.6 is 11.6 Å². The van der Waals surface area contributed by atoms with Gasteiger partial charge in [0.25, 0.3) is 0 Å². The molecule has 1 aliphatic heterocycles. The molecule has 0 N–H and O–H groups in total. The Hall–Kier alpha value is -0.290. The fraction of sp³-hybridized carbons (Fsp3) is 0.909. The van der Waals surface area contributed by atoms with Gasteiger partial charge in [0.15, 0.2) is 9.84 Å². The Morgan fingerprint density at radius 3 is 2.41 bits per heavy atom. The van der Waals surface area contributed by atoms with Gasteiger partial charge in [0.05, 0.1) is 17.4 Å². The molecule has 2 rings (SSSR count). The molecule has 0 bridgehead atoms. The van der Waals surface area contributed by atoms with E-state index in [2.05, 4.69) is 0 Å². The van der Waals surface area contributed by atoms with Crippen LogP contribution < -0.4 is 0 Å². The van der Waals surface area contributed by atoms with Crippen molar-refractivity contribution in [1.29, 1.82) is 0 Å². The molecular formula is C11H18ClNO3S. The van der Waals surface area contributed by atoms with E-state index in [4.69, 9.17) is 11.6 Å². The highest BCUT2D eigenvalue weighted by molar-refractivity contribution is 7.91. The lowest BCUT2D eigenvalue weighted by atomic mass is 9.90. The van der Waals surface area contributed by atoms with Crippen LogP contribution in [0.2, 0.25) is 0 Å². The third-order valence-corrected chi connectivity index (χ3v) is 5.64. The fourth-order valence-corrected chi connectivity index (χ4v) is 4.40. The number of sulfone groups is 1. The molecule has 17 heavy (non-hydrogen) atoms. The van der Waals surface area contributed by atoms with Gasteiger partial charge in [0, 0.05) is 18.5 Å². The summed E-state index contributed by atoms with van der Waals surface area (Å²) in [5.74, 6) is 0.266. The van der Waals surface area contributed by atoms with Crippen molar-refractivity contribution in [2.45, 2.75) is 31.7 Å². The van der Waals surface area contributed by atoms with E-state index in [9.17, 15) is 13.2 Å². The van der Waals surface area contributed by atoms with Crippen LogP contribution in [0.15, 0.2) is 0 Å². The van der Waals surface area contributed by atoms with Gasteiger partial charge in [0.1, 0.15) is 0 Å². The Kier molecular flexibility index (Phi) is 3.98. The maximum Gasteiger partial charge on any atom is 0.227 e. The molecule has 6 heteroatoms. The molecule has 1 heterocycles. The van der Waals surface area contributed by atoms with E-state index in [0.29, 0.717) is 24.9 Å². The van der Waals surface area contributed by atoms with Crippen LogP contribution in [0, 0.1) is 5.92 Å². The van der Waals surface area contributed by atoms with Crippen LogP contribution in [0.3, 0.4) is 0 Å². The Morgan fingerprint density at radius 1 is 1.29 bits per heavy atom. The van der Waals surface area contributed by atoms with E-state index in [-0.39, 0.29) is 23.3 Å². The largest absolute Gasteiger partial charge is 0.338 e. The van der Waals surface area contributed by atoms with Gasteiger partial charge in [-0.05, 0) is 25.7 Å². The van der Waals surface area contributed by atoms with E-state index < -0.39 is 9.84 Å². The number of alkyl halides is 1. The highest BCUT2D eigenvalue weighted by Gasteiger charge is 2.38. The summed E-state index contributed by atoms with van der Waals surface area (Å²) >= 11 is 5.72. The molecule has 1 amide bonds. The van der Waals surface area contributed by atoms with Gasteiger partial charge < -0.3 is 4.90 Å². The van der Waals surface area contributed by atoms with Crippen LogP contribution in [-0.4, -0.2) is 49.2 Å². The SMILES string of the molecule is O=C(C1CCS(=O)(=O)C1)N(CCCl)C1CCC1. The molecule has 0 aromatic carbocycles. The lowest BCUT2D eigenvalue weighted by Gasteiger charge is -2.38. The number of halogens is 1. The molecule has 1 atom stereocenters. The molecule has 1 saturated carbocycles. The summed E-state index contributed by atoms with van der Waals surface area (Å²) in [5, 5.41) is 0. The third-order valence-electron chi connectivity index (χ3n) is 3.71. The number of hydrogen-bond donors (Lipinski definition) is 0. The Balaban J connectivity index is 2.01. The van der Waals surface area contributed by atoms with Crippen molar-refractivity contribution in [1.82, 2.24) is 4.90 Å². The maximum absolute atomic E-state index is 12.3. The Morgan fingerprint density at radius 2 is 2.00 bits per heavy atom. The summed E-state index contributed by atoms with van der Waals surface area (Å²) in [5.41, 5.74) is 0. The molecule has 2 fully saturated rings. The second kappa shape index (κ2) is 5.14. The average Bonchev–Trinajstić information content (AvgIpc) is 2.54. The van der Waals surface area contributed by atoms with Gasteiger partial charge in [-0.25, -0.2) is 8.42 Å². The summed E-state index contributed by atoms with van der Waals surface area (Å²) in [7, 11) is -2.98. The molecule has 98 valence electrons. The van der Waals surface area contributed by atoms with E-state index >= 15 is 0 Å². The highest BCUT2D eigenvalue weighted by Crippen LogP contribution is 2.28. The van der Waals surface area contributed by atoms with Crippen LogP contribution in [0.1, 0.15) is 25.7 Å². The molecule has 0 spiro atoms. The van der Waals surface area contributed by atoms with E-state index in [1.54, 1.807) is 0 Å². The molecule has 0 aromatic heterocycles. The monoisotopic (exact) mass is 279 g/mol. The zero-order valence-corrected chi connectivity index (χ0v) is 11.3. The predicted molar refractivity (Wildman–Crippen MR) is 66.8 cm³/mol. The maximum atomic E-state index is 12.3. The van der Waals surface area contributed by atoms with Crippen LogP contribution in [-0.2, 0) is 14.6 Å². The summed E-state index contributed by atoms with van der Waals surface area (Å²) in [6.07, 6.45) is 3.69. The number of rotatable bonds is 4. The van der Waals surface area contributed by atoms with Crippen molar-refractivity contribution in [3.8, 4) is 0 Å². The van der Waals surface area contributed by atoms with Crippen LogP contribution in [0.25, 0.3) is 0 Å². The minimum absolute atomic E-state index is 0.00331. The lowest BCUT2D eigenvalue weighted by molar-refractivity contribution is -0.138. The first kappa shape index (κ1) is 13.1. The number of carbonyl (C=O) groups is 1. The molecule has 2 aliphatic rings. The van der Waals surface area contributed by atoms with Crippen LogP contribution in [0.4, 0.5) is 0 Å². The number of nitrogens with zero attached hydrogens (tertiary/aromatic N) is 1. The average molecular weight is 280 g/mol. The second-order valence-corrected chi connectivity index (χ2v) is 7.51. The van der Waals surface area contributed by atoms with Crippen molar-refractivity contribution in [2.24, 2.45) is 5.92 Å². The highest BCUT2D eigenvalue weighted by atomic mass is 35.5. The molecule has 1 unspecified atom stereocenters. The number of carbonyl (C=O) groups excluding carboxylic acids is 1.